The zero-order valence-electron chi connectivity index (χ0n) is 8.04. The highest BCUT2D eigenvalue weighted by Crippen LogP contribution is 2.26. The fourth-order valence-corrected chi connectivity index (χ4v) is 1.55. The van der Waals surface area contributed by atoms with Crippen molar-refractivity contribution in [3.05, 3.63) is 34.8 Å². The molecule has 0 bridgehead atoms. The normalized spacial score (nSPS) is 11.7. The molecule has 0 saturated carbocycles. The molecule has 6 heteroatoms. The van der Waals surface area contributed by atoms with E-state index in [1.165, 1.54) is 6.07 Å². The molecule has 15 heavy (non-hydrogen) atoms. The van der Waals surface area contributed by atoms with E-state index in [1.54, 1.807) is 11.8 Å². The van der Waals surface area contributed by atoms with Gasteiger partial charge < -0.3 is 5.21 Å². The van der Waals surface area contributed by atoms with Crippen LogP contribution in [-0.2, 0) is 12.6 Å². The molecule has 2 nitrogen and oxygen atoms in total. The molecule has 0 N–H and O–H groups in total. The second kappa shape index (κ2) is 4.74. The van der Waals surface area contributed by atoms with Crippen molar-refractivity contribution in [3.63, 3.8) is 0 Å². The van der Waals surface area contributed by atoms with Crippen LogP contribution in [0.15, 0.2) is 18.3 Å². The van der Waals surface area contributed by atoms with Crippen molar-refractivity contribution >= 4 is 11.8 Å². The Kier molecular flexibility index (Phi) is 3.84. The molecule has 0 spiro atoms. The summed E-state index contributed by atoms with van der Waals surface area (Å²) in [6.45, 7) is 0. The van der Waals surface area contributed by atoms with E-state index in [1.807, 2.05) is 6.26 Å². The molecule has 84 valence electrons. The third kappa shape index (κ3) is 3.30. The Bertz CT molecular complexity index is 341. The van der Waals surface area contributed by atoms with E-state index in [0.717, 1.165) is 18.0 Å². The van der Waals surface area contributed by atoms with Gasteiger partial charge >= 0.3 is 6.18 Å². The molecule has 0 unspecified atom stereocenters. The van der Waals surface area contributed by atoms with E-state index in [0.29, 0.717) is 12.0 Å². The lowest BCUT2D eigenvalue weighted by atomic mass is 10.2. The van der Waals surface area contributed by atoms with E-state index in [4.69, 9.17) is 0 Å². The van der Waals surface area contributed by atoms with Crippen LogP contribution in [0.5, 0.6) is 0 Å². The van der Waals surface area contributed by atoms with Gasteiger partial charge in [0.25, 0.3) is 5.69 Å². The van der Waals surface area contributed by atoms with Gasteiger partial charge in [0.15, 0.2) is 6.20 Å². The van der Waals surface area contributed by atoms with Gasteiger partial charge in [-0.05, 0) is 24.5 Å². The molecule has 0 aliphatic heterocycles. The summed E-state index contributed by atoms with van der Waals surface area (Å²) in [7, 11) is 0. The smallest absolute Gasteiger partial charge is 0.478 e. The number of hydrogen-bond donors (Lipinski definition) is 0. The monoisotopic (exact) mass is 237 g/mol. The number of aryl methyl sites for hydroxylation is 1. The molecule has 0 radical (unpaired) electrons. The molecule has 0 amide bonds. The summed E-state index contributed by atoms with van der Waals surface area (Å²) in [5.41, 5.74) is -0.553. The Hall–Kier alpha value is -0.910. The fraction of sp³-hybridized carbons (Fsp3) is 0.444. The number of thioether (sulfide) groups is 1. The van der Waals surface area contributed by atoms with Crippen molar-refractivity contribution in [2.24, 2.45) is 0 Å². The molecular weight excluding hydrogens is 227 g/mol. The van der Waals surface area contributed by atoms with E-state index in [9.17, 15) is 18.4 Å². The van der Waals surface area contributed by atoms with E-state index < -0.39 is 11.9 Å². The minimum Gasteiger partial charge on any atom is -0.618 e. The van der Waals surface area contributed by atoms with Crippen molar-refractivity contribution in [2.75, 3.05) is 12.0 Å². The Balaban J connectivity index is 2.89. The lowest BCUT2D eigenvalue weighted by Gasteiger charge is -2.08. The summed E-state index contributed by atoms with van der Waals surface area (Å²) in [6, 6.07) is 2.16. The molecule has 0 atom stereocenters. The maximum atomic E-state index is 12.2. The third-order valence-corrected chi connectivity index (χ3v) is 2.47. The number of nitrogens with zero attached hydrogens (tertiary/aromatic N) is 1. The maximum Gasteiger partial charge on any atom is 0.478 e. The van der Waals surface area contributed by atoms with Crippen molar-refractivity contribution in [3.8, 4) is 0 Å². The van der Waals surface area contributed by atoms with Crippen LogP contribution in [0.4, 0.5) is 13.2 Å². The van der Waals surface area contributed by atoms with Gasteiger partial charge in [-0.25, -0.2) is 0 Å². The van der Waals surface area contributed by atoms with Crippen LogP contribution in [0, 0.1) is 5.21 Å². The lowest BCUT2D eigenvalue weighted by molar-refractivity contribution is -0.629. The summed E-state index contributed by atoms with van der Waals surface area (Å²) in [6.07, 6.45) is -1.10. The molecule has 0 fully saturated rings. The topological polar surface area (TPSA) is 26.9 Å². The molecule has 1 aromatic rings. The quantitative estimate of drug-likeness (QED) is 0.595. The van der Waals surface area contributed by atoms with Gasteiger partial charge in [0.2, 0.25) is 0 Å². The standard InChI is InChI=1S/C9H10F3NOS/c1-15-5-4-7-2-3-8(9(10,11)12)13(14)6-7/h2-3,6H,4-5H2,1H3. The van der Waals surface area contributed by atoms with E-state index >= 15 is 0 Å². The second-order valence-corrected chi connectivity index (χ2v) is 3.97. The van der Waals surface area contributed by atoms with Gasteiger partial charge in [-0.15, -0.1) is 0 Å². The SMILES string of the molecule is CSCCc1ccc(C(F)(F)F)[n+]([O-])c1. The molecule has 0 aromatic carbocycles. The van der Waals surface area contributed by atoms with Crippen LogP contribution >= 0.6 is 11.8 Å². The number of halogens is 3. The number of pyridine rings is 1. The van der Waals surface area contributed by atoms with Crippen molar-refractivity contribution in [1.82, 2.24) is 0 Å². The Labute approximate surface area is 89.7 Å². The molecular formula is C9H10F3NOS. The predicted octanol–water partition coefficient (Wildman–Crippen LogP) is 2.24. The molecule has 0 aliphatic carbocycles. The molecule has 0 saturated heterocycles. The lowest BCUT2D eigenvalue weighted by Crippen LogP contribution is -2.36. The summed E-state index contributed by atoms with van der Waals surface area (Å²) in [5, 5.41) is 11.0. The van der Waals surface area contributed by atoms with Crippen LogP contribution < -0.4 is 4.73 Å². The van der Waals surface area contributed by atoms with Gasteiger partial charge in [-0.1, -0.05) is 0 Å². The highest BCUT2D eigenvalue weighted by Gasteiger charge is 2.39. The Morgan fingerprint density at radius 1 is 1.40 bits per heavy atom. The van der Waals surface area contributed by atoms with Crippen molar-refractivity contribution < 1.29 is 17.9 Å². The largest absolute Gasteiger partial charge is 0.618 e. The summed E-state index contributed by atoms with van der Waals surface area (Å²) in [4.78, 5) is 0. The number of rotatable bonds is 3. The van der Waals surface area contributed by atoms with Crippen LogP contribution in [0.25, 0.3) is 0 Å². The Morgan fingerprint density at radius 3 is 2.53 bits per heavy atom. The number of aromatic nitrogens is 1. The first-order valence-electron chi connectivity index (χ1n) is 4.23. The maximum absolute atomic E-state index is 12.2. The average molecular weight is 237 g/mol. The summed E-state index contributed by atoms with van der Waals surface area (Å²) < 4.78 is 36.5. The molecule has 0 aliphatic rings. The van der Waals surface area contributed by atoms with Crippen molar-refractivity contribution in [1.29, 1.82) is 0 Å². The van der Waals surface area contributed by atoms with Gasteiger partial charge in [-0.3, -0.25) is 0 Å². The minimum absolute atomic E-state index is 0.115. The van der Waals surface area contributed by atoms with Gasteiger partial charge in [0.05, 0.1) is 0 Å². The van der Waals surface area contributed by atoms with Gasteiger partial charge in [0.1, 0.15) is 0 Å². The van der Waals surface area contributed by atoms with Crippen molar-refractivity contribution in [2.45, 2.75) is 12.6 Å². The first-order chi connectivity index (χ1) is 6.95. The van der Waals surface area contributed by atoms with Gasteiger partial charge in [0, 0.05) is 11.6 Å². The van der Waals surface area contributed by atoms with Crippen LogP contribution in [-0.4, -0.2) is 12.0 Å². The second-order valence-electron chi connectivity index (χ2n) is 2.99. The zero-order chi connectivity index (χ0) is 11.5. The highest BCUT2D eigenvalue weighted by atomic mass is 32.2. The highest BCUT2D eigenvalue weighted by molar-refractivity contribution is 7.98. The average Bonchev–Trinajstić information content (AvgIpc) is 2.12. The molecule has 1 aromatic heterocycles. The van der Waals surface area contributed by atoms with Crippen LogP contribution in [0.1, 0.15) is 11.3 Å². The third-order valence-electron chi connectivity index (χ3n) is 1.86. The number of hydrogen-bond acceptors (Lipinski definition) is 2. The molecule has 1 heterocycles. The summed E-state index contributed by atoms with van der Waals surface area (Å²) in [5.74, 6) is 0.783. The van der Waals surface area contributed by atoms with Gasteiger partial charge in [-0.2, -0.15) is 29.7 Å². The van der Waals surface area contributed by atoms with E-state index in [-0.39, 0.29) is 4.73 Å². The Morgan fingerprint density at radius 2 is 2.07 bits per heavy atom. The molecule has 1 rings (SSSR count). The minimum atomic E-state index is -4.58. The predicted molar refractivity (Wildman–Crippen MR) is 52.5 cm³/mol. The zero-order valence-corrected chi connectivity index (χ0v) is 8.86. The van der Waals surface area contributed by atoms with Crippen LogP contribution in [0.2, 0.25) is 0 Å². The first kappa shape index (κ1) is 12.2. The van der Waals surface area contributed by atoms with Crippen LogP contribution in [0.3, 0.4) is 0 Å². The fourth-order valence-electron chi connectivity index (χ4n) is 1.11. The summed E-state index contributed by atoms with van der Waals surface area (Å²) >= 11 is 1.58. The van der Waals surface area contributed by atoms with E-state index in [2.05, 4.69) is 0 Å². The number of alkyl halides is 3. The first-order valence-corrected chi connectivity index (χ1v) is 5.63.